The molecule has 1 aromatic rings. The van der Waals surface area contributed by atoms with Gasteiger partial charge in [0.2, 0.25) is 5.91 Å². The van der Waals surface area contributed by atoms with E-state index < -0.39 is 17.8 Å². The maximum absolute atomic E-state index is 13.0. The van der Waals surface area contributed by atoms with Gasteiger partial charge in [-0.3, -0.25) is 9.59 Å². The molecule has 0 spiro atoms. The molecule has 0 radical (unpaired) electrons. The molecular formula is C16H19F3N2O2. The van der Waals surface area contributed by atoms with E-state index in [1.807, 2.05) is 0 Å². The van der Waals surface area contributed by atoms with Crippen molar-refractivity contribution in [1.29, 1.82) is 0 Å². The molecule has 2 rings (SSSR count). The predicted octanol–water partition coefficient (Wildman–Crippen LogP) is 2.23. The Morgan fingerprint density at radius 1 is 1.30 bits per heavy atom. The van der Waals surface area contributed by atoms with Crippen LogP contribution in [-0.2, 0) is 22.3 Å². The third kappa shape index (κ3) is 4.10. The van der Waals surface area contributed by atoms with Crippen LogP contribution in [0.1, 0.15) is 24.5 Å². The minimum Gasteiger partial charge on any atom is -0.340 e. The second-order valence-corrected chi connectivity index (χ2v) is 5.85. The van der Waals surface area contributed by atoms with E-state index in [1.165, 1.54) is 37.1 Å². The average Bonchev–Trinajstić information content (AvgIpc) is 2.95. The number of benzene rings is 1. The maximum atomic E-state index is 13.0. The Hall–Kier alpha value is -1.89. The zero-order valence-electron chi connectivity index (χ0n) is 13.0. The average molecular weight is 328 g/mol. The smallest absolute Gasteiger partial charge is 0.340 e. The highest BCUT2D eigenvalue weighted by Gasteiger charge is 2.35. The van der Waals surface area contributed by atoms with E-state index in [1.54, 1.807) is 0 Å². The molecule has 1 aliphatic heterocycles. The molecule has 1 N–H and O–H groups in total. The van der Waals surface area contributed by atoms with Crippen LogP contribution >= 0.6 is 0 Å². The van der Waals surface area contributed by atoms with E-state index in [2.05, 4.69) is 5.32 Å². The molecule has 0 bridgehead atoms. The van der Waals surface area contributed by atoms with Gasteiger partial charge in [0.25, 0.3) is 0 Å². The Balaban J connectivity index is 2.07. The van der Waals surface area contributed by atoms with Crippen LogP contribution in [0, 0.1) is 5.92 Å². The molecule has 1 fully saturated rings. The standard InChI is InChI=1S/C16H19F3N2O2/c1-10(22)12-7-14(20-8-12)15(23)21(2)9-11-5-3-4-6-13(11)16(17,18)19/h3-6,12,14,20H,7-9H2,1-2H3. The zero-order valence-corrected chi connectivity index (χ0v) is 13.0. The fraction of sp³-hybridized carbons (Fsp3) is 0.500. The van der Waals surface area contributed by atoms with Crippen molar-refractivity contribution in [2.75, 3.05) is 13.6 Å². The first kappa shape index (κ1) is 17.5. The lowest BCUT2D eigenvalue weighted by Crippen LogP contribution is -2.41. The topological polar surface area (TPSA) is 49.4 Å². The van der Waals surface area contributed by atoms with Gasteiger partial charge in [0.05, 0.1) is 11.6 Å². The number of amides is 1. The van der Waals surface area contributed by atoms with Crippen LogP contribution in [0.4, 0.5) is 13.2 Å². The summed E-state index contributed by atoms with van der Waals surface area (Å²) < 4.78 is 39.0. The third-order valence-corrected chi connectivity index (χ3v) is 4.11. The van der Waals surface area contributed by atoms with Gasteiger partial charge in [-0.05, 0) is 25.0 Å². The van der Waals surface area contributed by atoms with Crippen molar-refractivity contribution in [3.8, 4) is 0 Å². The second kappa shape index (κ2) is 6.70. The molecule has 1 aromatic carbocycles. The van der Waals surface area contributed by atoms with Crippen molar-refractivity contribution in [2.24, 2.45) is 5.92 Å². The second-order valence-electron chi connectivity index (χ2n) is 5.85. The molecule has 1 saturated heterocycles. The van der Waals surface area contributed by atoms with Crippen LogP contribution in [0.3, 0.4) is 0 Å². The molecule has 23 heavy (non-hydrogen) atoms. The van der Waals surface area contributed by atoms with Crippen molar-refractivity contribution < 1.29 is 22.8 Å². The Morgan fingerprint density at radius 3 is 2.52 bits per heavy atom. The number of carbonyl (C=O) groups excluding carboxylic acids is 2. The molecule has 2 unspecified atom stereocenters. The Labute approximate surface area is 132 Å². The fourth-order valence-corrected chi connectivity index (χ4v) is 2.77. The van der Waals surface area contributed by atoms with Gasteiger partial charge >= 0.3 is 6.18 Å². The molecule has 4 nitrogen and oxygen atoms in total. The number of rotatable bonds is 4. The quantitative estimate of drug-likeness (QED) is 0.922. The van der Waals surface area contributed by atoms with E-state index in [4.69, 9.17) is 0 Å². The van der Waals surface area contributed by atoms with E-state index in [-0.39, 0.29) is 29.7 Å². The normalized spacial score (nSPS) is 21.3. The van der Waals surface area contributed by atoms with Crippen LogP contribution in [0.5, 0.6) is 0 Å². The highest BCUT2D eigenvalue weighted by molar-refractivity contribution is 5.85. The summed E-state index contributed by atoms with van der Waals surface area (Å²) in [6.07, 6.45) is -4.06. The summed E-state index contributed by atoms with van der Waals surface area (Å²) in [7, 11) is 1.47. The number of Topliss-reactive ketones (excluding diaryl/α,β-unsaturated/α-hetero) is 1. The summed E-state index contributed by atoms with van der Waals surface area (Å²) in [6.45, 7) is 1.78. The highest BCUT2D eigenvalue weighted by Crippen LogP contribution is 2.32. The number of likely N-dealkylation sites (N-methyl/N-ethyl adjacent to an activating group) is 1. The largest absolute Gasteiger partial charge is 0.416 e. The molecule has 2 atom stereocenters. The van der Waals surface area contributed by atoms with Gasteiger partial charge in [0.15, 0.2) is 0 Å². The van der Waals surface area contributed by atoms with Crippen LogP contribution < -0.4 is 5.32 Å². The van der Waals surface area contributed by atoms with Crippen LogP contribution in [0.15, 0.2) is 24.3 Å². The molecule has 126 valence electrons. The minimum atomic E-state index is -4.45. The van der Waals surface area contributed by atoms with E-state index in [0.717, 1.165) is 6.07 Å². The summed E-state index contributed by atoms with van der Waals surface area (Å²) in [6, 6.07) is 4.69. The van der Waals surface area contributed by atoms with E-state index in [0.29, 0.717) is 13.0 Å². The molecule has 0 aromatic heterocycles. The van der Waals surface area contributed by atoms with Gasteiger partial charge in [-0.15, -0.1) is 0 Å². The van der Waals surface area contributed by atoms with Gasteiger partial charge in [-0.1, -0.05) is 18.2 Å². The van der Waals surface area contributed by atoms with Gasteiger partial charge in [-0.25, -0.2) is 0 Å². The molecule has 0 saturated carbocycles. The molecular weight excluding hydrogens is 309 g/mol. The van der Waals surface area contributed by atoms with Crippen LogP contribution in [0.25, 0.3) is 0 Å². The SMILES string of the molecule is CC(=O)C1CNC(C(=O)N(C)Cc2ccccc2C(F)(F)F)C1. The van der Waals surface area contributed by atoms with E-state index >= 15 is 0 Å². The van der Waals surface area contributed by atoms with Crippen molar-refractivity contribution in [1.82, 2.24) is 10.2 Å². The molecule has 1 amide bonds. The monoisotopic (exact) mass is 328 g/mol. The first-order valence-corrected chi connectivity index (χ1v) is 7.34. The summed E-state index contributed by atoms with van der Waals surface area (Å²) in [5.74, 6) is -0.497. The van der Waals surface area contributed by atoms with Gasteiger partial charge in [-0.2, -0.15) is 13.2 Å². The highest BCUT2D eigenvalue weighted by atomic mass is 19.4. The number of halogens is 3. The van der Waals surface area contributed by atoms with Crippen LogP contribution in [0.2, 0.25) is 0 Å². The van der Waals surface area contributed by atoms with Crippen molar-refractivity contribution in [2.45, 2.75) is 32.1 Å². The molecule has 0 aliphatic carbocycles. The van der Waals surface area contributed by atoms with E-state index in [9.17, 15) is 22.8 Å². The Bertz CT molecular complexity index is 601. The first-order valence-electron chi connectivity index (χ1n) is 7.34. The molecule has 1 aliphatic rings. The molecule has 1 heterocycles. The summed E-state index contributed by atoms with van der Waals surface area (Å²) >= 11 is 0. The number of hydrogen-bond donors (Lipinski definition) is 1. The summed E-state index contributed by atoms with van der Waals surface area (Å²) in [5, 5.41) is 2.97. The lowest BCUT2D eigenvalue weighted by Gasteiger charge is -2.23. The Morgan fingerprint density at radius 2 is 1.96 bits per heavy atom. The predicted molar refractivity (Wildman–Crippen MR) is 78.5 cm³/mol. The summed E-state index contributed by atoms with van der Waals surface area (Å²) in [5.41, 5.74) is -0.683. The van der Waals surface area contributed by atoms with Crippen molar-refractivity contribution in [3.63, 3.8) is 0 Å². The number of nitrogens with zero attached hydrogens (tertiary/aromatic N) is 1. The third-order valence-electron chi connectivity index (χ3n) is 4.11. The lowest BCUT2D eigenvalue weighted by atomic mass is 10.0. The number of alkyl halides is 3. The van der Waals surface area contributed by atoms with Gasteiger partial charge < -0.3 is 10.2 Å². The van der Waals surface area contributed by atoms with Crippen LogP contribution in [-0.4, -0.2) is 36.2 Å². The zero-order chi connectivity index (χ0) is 17.2. The van der Waals surface area contributed by atoms with Gasteiger partial charge in [0.1, 0.15) is 5.78 Å². The number of ketones is 1. The minimum absolute atomic E-state index is 0.0119. The van der Waals surface area contributed by atoms with Crippen molar-refractivity contribution in [3.05, 3.63) is 35.4 Å². The lowest BCUT2D eigenvalue weighted by molar-refractivity contribution is -0.140. The maximum Gasteiger partial charge on any atom is 0.416 e. The fourth-order valence-electron chi connectivity index (χ4n) is 2.77. The number of carbonyl (C=O) groups is 2. The van der Waals surface area contributed by atoms with Gasteiger partial charge in [0, 0.05) is 26.1 Å². The number of hydrogen-bond acceptors (Lipinski definition) is 3. The first-order chi connectivity index (χ1) is 10.7. The summed E-state index contributed by atoms with van der Waals surface area (Å²) in [4.78, 5) is 25.0. The van der Waals surface area contributed by atoms with Crippen molar-refractivity contribution >= 4 is 11.7 Å². The molecule has 7 heteroatoms. The number of nitrogens with one attached hydrogen (secondary N) is 1. The Kier molecular flexibility index (Phi) is 5.09.